The summed E-state index contributed by atoms with van der Waals surface area (Å²) < 4.78 is 4.76. The Labute approximate surface area is 120 Å². The van der Waals surface area contributed by atoms with E-state index < -0.39 is 16.7 Å². The number of rotatable bonds is 6. The molecule has 0 aliphatic rings. The van der Waals surface area contributed by atoms with Gasteiger partial charge in [-0.25, -0.2) is 4.79 Å². The van der Waals surface area contributed by atoms with E-state index in [1.165, 1.54) is 30.3 Å². The molecule has 1 aromatic rings. The lowest BCUT2D eigenvalue weighted by Gasteiger charge is -2.04. The molecule has 0 unspecified atom stereocenters. The van der Waals surface area contributed by atoms with Gasteiger partial charge in [-0.05, 0) is 18.6 Å². The predicted octanol–water partition coefficient (Wildman–Crippen LogP) is 2.35. The van der Waals surface area contributed by atoms with Crippen molar-refractivity contribution >= 4 is 35.1 Å². The third-order valence-electron chi connectivity index (χ3n) is 2.31. The summed E-state index contributed by atoms with van der Waals surface area (Å²) in [5.74, 6) is -1.78. The number of nitrogens with zero attached hydrogens (tertiary/aromatic N) is 1. The number of ketones is 1. The maximum absolute atomic E-state index is 11.7. The van der Waals surface area contributed by atoms with Crippen LogP contribution in [0.2, 0.25) is 0 Å². The van der Waals surface area contributed by atoms with E-state index >= 15 is 0 Å². The molecule has 0 bridgehead atoms. The van der Waals surface area contributed by atoms with E-state index in [0.717, 1.165) is 0 Å². The fraction of sp³-hybridized carbons (Fsp3) is 0.231. The molecule has 0 aliphatic carbocycles. The number of benzene rings is 1. The number of carbonyl (C=O) groups is 2. The van der Waals surface area contributed by atoms with Crippen LogP contribution in [0.25, 0.3) is 6.08 Å². The van der Waals surface area contributed by atoms with Crippen LogP contribution in [0.3, 0.4) is 0 Å². The number of esters is 1. The molecule has 0 fully saturated rings. The molecular formula is C13H12ClNO5. The average Bonchev–Trinajstić information content (AvgIpc) is 2.44. The summed E-state index contributed by atoms with van der Waals surface area (Å²) in [5.41, 5.74) is -0.0247. The molecule has 7 heteroatoms. The Morgan fingerprint density at radius 2 is 2.15 bits per heavy atom. The number of hydrogen-bond donors (Lipinski definition) is 0. The maximum Gasteiger partial charge on any atom is 0.341 e. The van der Waals surface area contributed by atoms with Gasteiger partial charge in [0, 0.05) is 12.1 Å². The third kappa shape index (κ3) is 4.17. The smallest absolute Gasteiger partial charge is 0.341 e. The van der Waals surface area contributed by atoms with Crippen molar-refractivity contribution in [2.45, 2.75) is 6.92 Å². The van der Waals surface area contributed by atoms with Gasteiger partial charge in [0.15, 0.2) is 5.78 Å². The Morgan fingerprint density at radius 3 is 2.70 bits per heavy atom. The van der Waals surface area contributed by atoms with E-state index in [4.69, 9.17) is 16.3 Å². The summed E-state index contributed by atoms with van der Waals surface area (Å²) in [6, 6.07) is 5.55. The zero-order chi connectivity index (χ0) is 15.1. The monoisotopic (exact) mass is 297 g/mol. The van der Waals surface area contributed by atoms with Crippen molar-refractivity contribution in [3.05, 3.63) is 45.5 Å². The summed E-state index contributed by atoms with van der Waals surface area (Å²) in [6.45, 7) is 1.72. The van der Waals surface area contributed by atoms with Gasteiger partial charge in [-0.1, -0.05) is 12.1 Å². The molecule has 106 valence electrons. The SMILES string of the molecule is CCOC(=O)/C(=C\c1cccc([N+](=O)[O-])c1)C(=O)CCl. The van der Waals surface area contributed by atoms with E-state index in [9.17, 15) is 19.7 Å². The number of non-ortho nitro benzene ring substituents is 1. The number of alkyl halides is 1. The zero-order valence-electron chi connectivity index (χ0n) is 10.7. The zero-order valence-corrected chi connectivity index (χ0v) is 11.4. The molecule has 0 N–H and O–H groups in total. The Morgan fingerprint density at radius 1 is 1.45 bits per heavy atom. The van der Waals surface area contributed by atoms with Gasteiger partial charge in [0.2, 0.25) is 0 Å². The van der Waals surface area contributed by atoms with Gasteiger partial charge < -0.3 is 4.74 Å². The van der Waals surface area contributed by atoms with E-state index in [0.29, 0.717) is 5.56 Å². The maximum atomic E-state index is 11.7. The van der Waals surface area contributed by atoms with E-state index in [1.807, 2.05) is 0 Å². The first kappa shape index (κ1) is 15.8. The summed E-state index contributed by atoms with van der Waals surface area (Å²) in [4.78, 5) is 33.4. The fourth-order valence-corrected chi connectivity index (χ4v) is 1.57. The van der Waals surface area contributed by atoms with Crippen LogP contribution >= 0.6 is 11.6 Å². The van der Waals surface area contributed by atoms with Crippen LogP contribution in [0.15, 0.2) is 29.8 Å². The number of Topliss-reactive ketones (excluding diaryl/α,β-unsaturated/α-hetero) is 1. The van der Waals surface area contributed by atoms with Crippen LogP contribution in [0.5, 0.6) is 0 Å². The topological polar surface area (TPSA) is 86.5 Å². The van der Waals surface area contributed by atoms with Gasteiger partial charge in [-0.15, -0.1) is 11.6 Å². The van der Waals surface area contributed by atoms with Crippen molar-refractivity contribution in [2.75, 3.05) is 12.5 Å². The lowest BCUT2D eigenvalue weighted by atomic mass is 10.1. The van der Waals surface area contributed by atoms with Gasteiger partial charge in [0.25, 0.3) is 5.69 Å². The highest BCUT2D eigenvalue weighted by Crippen LogP contribution is 2.17. The van der Waals surface area contributed by atoms with E-state index in [-0.39, 0.29) is 23.7 Å². The molecule has 20 heavy (non-hydrogen) atoms. The lowest BCUT2D eigenvalue weighted by Crippen LogP contribution is -2.16. The van der Waals surface area contributed by atoms with Gasteiger partial charge in [0.05, 0.1) is 17.4 Å². The number of halogens is 1. The quantitative estimate of drug-likeness (QED) is 0.153. The molecule has 0 aromatic heterocycles. The summed E-state index contributed by atoms with van der Waals surface area (Å²) in [5, 5.41) is 10.7. The molecule has 0 amide bonds. The first-order valence-corrected chi connectivity index (χ1v) is 6.25. The standard InChI is InChI=1S/C13H12ClNO5/c1-2-20-13(17)11(12(16)8-14)7-9-4-3-5-10(6-9)15(18)19/h3-7H,2,8H2,1H3/b11-7-. The Kier molecular flexibility index (Phi) is 5.86. The van der Waals surface area contributed by atoms with Crippen LogP contribution in [0.1, 0.15) is 12.5 Å². The molecule has 0 heterocycles. The average molecular weight is 298 g/mol. The first-order chi connectivity index (χ1) is 9.49. The fourth-order valence-electron chi connectivity index (χ4n) is 1.43. The van der Waals surface area contributed by atoms with Crippen molar-refractivity contribution in [3.63, 3.8) is 0 Å². The highest BCUT2D eigenvalue weighted by atomic mass is 35.5. The van der Waals surface area contributed by atoms with Crippen molar-refractivity contribution in [2.24, 2.45) is 0 Å². The van der Waals surface area contributed by atoms with Gasteiger partial charge in [0.1, 0.15) is 5.57 Å². The lowest BCUT2D eigenvalue weighted by molar-refractivity contribution is -0.384. The number of nitro benzene ring substituents is 1. The molecule has 1 rings (SSSR count). The number of carbonyl (C=O) groups excluding carboxylic acids is 2. The Balaban J connectivity index is 3.19. The van der Waals surface area contributed by atoms with Crippen LogP contribution in [-0.4, -0.2) is 29.2 Å². The molecule has 0 saturated heterocycles. The van der Waals surface area contributed by atoms with Crippen molar-refractivity contribution in [1.82, 2.24) is 0 Å². The van der Waals surface area contributed by atoms with Crippen molar-refractivity contribution in [1.29, 1.82) is 0 Å². The molecule has 0 saturated carbocycles. The molecule has 0 spiro atoms. The molecule has 6 nitrogen and oxygen atoms in total. The van der Waals surface area contributed by atoms with Crippen LogP contribution in [0, 0.1) is 10.1 Å². The van der Waals surface area contributed by atoms with Crippen LogP contribution in [-0.2, 0) is 14.3 Å². The Hall–Kier alpha value is -2.21. The van der Waals surface area contributed by atoms with Crippen LogP contribution in [0.4, 0.5) is 5.69 Å². The second kappa shape index (κ2) is 7.40. The van der Waals surface area contributed by atoms with Gasteiger partial charge in [-0.2, -0.15) is 0 Å². The van der Waals surface area contributed by atoms with Crippen molar-refractivity contribution in [3.8, 4) is 0 Å². The minimum Gasteiger partial charge on any atom is -0.462 e. The largest absolute Gasteiger partial charge is 0.462 e. The molecule has 0 aliphatic heterocycles. The minimum atomic E-state index is -0.801. The second-order valence-corrected chi connectivity index (χ2v) is 3.95. The highest BCUT2D eigenvalue weighted by Gasteiger charge is 2.19. The van der Waals surface area contributed by atoms with E-state index in [2.05, 4.69) is 0 Å². The summed E-state index contributed by atoms with van der Waals surface area (Å²) in [7, 11) is 0. The minimum absolute atomic E-state index is 0.112. The number of nitro groups is 1. The van der Waals surface area contributed by atoms with Gasteiger partial charge >= 0.3 is 5.97 Å². The number of hydrogen-bond acceptors (Lipinski definition) is 5. The molecule has 0 radical (unpaired) electrons. The first-order valence-electron chi connectivity index (χ1n) is 5.72. The normalized spacial score (nSPS) is 11.0. The van der Waals surface area contributed by atoms with Crippen LogP contribution < -0.4 is 0 Å². The molecule has 0 atom stereocenters. The third-order valence-corrected chi connectivity index (χ3v) is 2.55. The summed E-state index contributed by atoms with van der Waals surface area (Å²) >= 11 is 5.43. The van der Waals surface area contributed by atoms with Crippen molar-refractivity contribution < 1.29 is 19.2 Å². The number of ether oxygens (including phenoxy) is 1. The molecular weight excluding hydrogens is 286 g/mol. The highest BCUT2D eigenvalue weighted by molar-refractivity contribution is 6.35. The molecule has 1 aromatic carbocycles. The second-order valence-electron chi connectivity index (χ2n) is 3.69. The summed E-state index contributed by atoms with van der Waals surface area (Å²) in [6.07, 6.45) is 1.23. The Bertz CT molecular complexity index is 568. The van der Waals surface area contributed by atoms with E-state index in [1.54, 1.807) is 6.92 Å². The van der Waals surface area contributed by atoms with Gasteiger partial charge in [-0.3, -0.25) is 14.9 Å². The predicted molar refractivity (Wildman–Crippen MR) is 73.4 cm³/mol.